The predicted molar refractivity (Wildman–Crippen MR) is 70.6 cm³/mol. The van der Waals surface area contributed by atoms with Gasteiger partial charge >= 0.3 is 5.97 Å². The van der Waals surface area contributed by atoms with Crippen molar-refractivity contribution in [1.82, 2.24) is 0 Å². The van der Waals surface area contributed by atoms with Gasteiger partial charge in [-0.2, -0.15) is 0 Å². The first kappa shape index (κ1) is 14.0. The Morgan fingerprint density at radius 3 is 2.40 bits per heavy atom. The molecule has 5 nitrogen and oxygen atoms in total. The molecule has 2 aromatic rings. The summed E-state index contributed by atoms with van der Waals surface area (Å²) in [6.07, 6.45) is 0. The van der Waals surface area contributed by atoms with Gasteiger partial charge in [0.1, 0.15) is 5.82 Å². The maximum atomic E-state index is 13.0. The van der Waals surface area contributed by atoms with E-state index < -0.39 is 16.7 Å². The lowest BCUT2D eigenvalue weighted by molar-refractivity contribution is -0.387. The van der Waals surface area contributed by atoms with Crippen LogP contribution in [0.5, 0.6) is 0 Å². The summed E-state index contributed by atoms with van der Waals surface area (Å²) in [5.41, 5.74) is -0.194. The summed E-state index contributed by atoms with van der Waals surface area (Å²) >= 11 is 1.07. The van der Waals surface area contributed by atoms with E-state index in [-0.39, 0.29) is 11.3 Å². The monoisotopic (exact) mass is 293 g/mol. The van der Waals surface area contributed by atoms with E-state index in [9.17, 15) is 19.3 Å². The molecule has 0 atom stereocenters. The number of nitro groups is 1. The van der Waals surface area contributed by atoms with Crippen LogP contribution in [-0.2, 0) is 0 Å². The SMILES string of the molecule is O=C(O)c1ccc(Sc2ccc(F)cc2[N+](=O)[O-])cc1. The highest BCUT2D eigenvalue weighted by molar-refractivity contribution is 7.99. The first-order chi connectivity index (χ1) is 9.47. The van der Waals surface area contributed by atoms with E-state index in [0.29, 0.717) is 9.79 Å². The molecule has 0 spiro atoms. The molecule has 20 heavy (non-hydrogen) atoms. The minimum absolute atomic E-state index is 0.128. The number of carbonyl (C=O) groups is 1. The Morgan fingerprint density at radius 1 is 1.20 bits per heavy atom. The van der Waals surface area contributed by atoms with Crippen LogP contribution in [0.15, 0.2) is 52.3 Å². The topological polar surface area (TPSA) is 80.4 Å². The maximum absolute atomic E-state index is 13.0. The molecule has 0 bridgehead atoms. The number of hydrogen-bond donors (Lipinski definition) is 1. The van der Waals surface area contributed by atoms with Gasteiger partial charge in [-0.1, -0.05) is 11.8 Å². The molecular weight excluding hydrogens is 285 g/mol. The number of carboxylic acid groups (broad SMARTS) is 1. The molecule has 0 aliphatic carbocycles. The molecule has 1 N–H and O–H groups in total. The summed E-state index contributed by atoms with van der Waals surface area (Å²) in [5, 5.41) is 19.6. The lowest BCUT2D eigenvalue weighted by Gasteiger charge is -2.03. The number of halogens is 1. The fraction of sp³-hybridized carbons (Fsp3) is 0. The summed E-state index contributed by atoms with van der Waals surface area (Å²) in [4.78, 5) is 21.8. The second-order valence-corrected chi connectivity index (χ2v) is 4.92. The van der Waals surface area contributed by atoms with Crippen molar-refractivity contribution >= 4 is 23.4 Å². The van der Waals surface area contributed by atoms with Crippen LogP contribution in [0, 0.1) is 15.9 Å². The third-order valence-electron chi connectivity index (χ3n) is 2.45. The lowest BCUT2D eigenvalue weighted by atomic mass is 10.2. The fourth-order valence-electron chi connectivity index (χ4n) is 1.51. The zero-order valence-corrected chi connectivity index (χ0v) is 10.8. The van der Waals surface area contributed by atoms with E-state index in [1.165, 1.54) is 18.2 Å². The van der Waals surface area contributed by atoms with Crippen LogP contribution < -0.4 is 0 Å². The molecule has 2 rings (SSSR count). The zero-order chi connectivity index (χ0) is 14.7. The molecule has 0 radical (unpaired) electrons. The first-order valence-corrected chi connectivity index (χ1v) is 6.24. The van der Waals surface area contributed by atoms with Crippen molar-refractivity contribution in [2.45, 2.75) is 9.79 Å². The molecule has 7 heteroatoms. The number of nitrogens with zero attached hydrogens (tertiary/aromatic N) is 1. The van der Waals surface area contributed by atoms with Gasteiger partial charge in [-0.3, -0.25) is 10.1 Å². The van der Waals surface area contributed by atoms with Gasteiger partial charge in [-0.25, -0.2) is 9.18 Å². The normalized spacial score (nSPS) is 10.2. The number of nitro benzene ring substituents is 1. The van der Waals surface area contributed by atoms with Gasteiger partial charge in [-0.05, 0) is 36.4 Å². The van der Waals surface area contributed by atoms with Crippen molar-refractivity contribution in [1.29, 1.82) is 0 Å². The summed E-state index contributed by atoms with van der Waals surface area (Å²) in [6.45, 7) is 0. The van der Waals surface area contributed by atoms with Crippen molar-refractivity contribution in [3.8, 4) is 0 Å². The maximum Gasteiger partial charge on any atom is 0.335 e. The summed E-state index contributed by atoms with van der Waals surface area (Å²) in [5.74, 6) is -1.73. The van der Waals surface area contributed by atoms with Crippen molar-refractivity contribution in [2.75, 3.05) is 0 Å². The van der Waals surface area contributed by atoms with Crippen LogP contribution in [-0.4, -0.2) is 16.0 Å². The molecule has 0 fully saturated rings. The van der Waals surface area contributed by atoms with Crippen molar-refractivity contribution in [3.05, 3.63) is 64.0 Å². The summed E-state index contributed by atoms with van der Waals surface area (Å²) in [6, 6.07) is 9.21. The number of hydrogen-bond acceptors (Lipinski definition) is 4. The van der Waals surface area contributed by atoms with Gasteiger partial charge in [0.05, 0.1) is 21.4 Å². The minimum atomic E-state index is -1.05. The number of carboxylic acids is 1. The number of aromatic carboxylic acids is 1. The third-order valence-corrected chi connectivity index (χ3v) is 3.52. The molecule has 0 heterocycles. The molecule has 0 saturated carbocycles. The molecule has 0 unspecified atom stereocenters. The Balaban J connectivity index is 2.30. The van der Waals surface area contributed by atoms with Gasteiger partial charge in [-0.15, -0.1) is 0 Å². The van der Waals surface area contributed by atoms with Gasteiger partial charge in [0.25, 0.3) is 5.69 Å². The van der Waals surface area contributed by atoms with Crippen LogP contribution in [0.1, 0.15) is 10.4 Å². The third kappa shape index (κ3) is 3.12. The van der Waals surface area contributed by atoms with Gasteiger partial charge in [0.2, 0.25) is 0 Å². The van der Waals surface area contributed by atoms with Gasteiger partial charge < -0.3 is 5.11 Å². The standard InChI is InChI=1S/C13H8FNO4S/c14-9-3-6-12(11(7-9)15(18)19)20-10-4-1-8(2-5-10)13(16)17/h1-7H,(H,16,17). The lowest BCUT2D eigenvalue weighted by Crippen LogP contribution is -1.95. The molecule has 0 aliphatic rings. The summed E-state index contributed by atoms with van der Waals surface area (Å²) in [7, 11) is 0. The van der Waals surface area contributed by atoms with Crippen LogP contribution in [0.25, 0.3) is 0 Å². The highest BCUT2D eigenvalue weighted by atomic mass is 32.2. The predicted octanol–water partition coefficient (Wildman–Crippen LogP) is 3.58. The molecule has 0 aliphatic heterocycles. The van der Waals surface area contributed by atoms with E-state index in [4.69, 9.17) is 5.11 Å². The molecule has 2 aromatic carbocycles. The van der Waals surface area contributed by atoms with Crippen LogP contribution in [0.2, 0.25) is 0 Å². The van der Waals surface area contributed by atoms with E-state index in [1.807, 2.05) is 0 Å². The van der Waals surface area contributed by atoms with Crippen LogP contribution in [0.4, 0.5) is 10.1 Å². The first-order valence-electron chi connectivity index (χ1n) is 5.42. The highest BCUT2D eigenvalue weighted by Gasteiger charge is 2.16. The van der Waals surface area contributed by atoms with Crippen LogP contribution >= 0.6 is 11.8 Å². The van der Waals surface area contributed by atoms with Crippen molar-refractivity contribution in [3.63, 3.8) is 0 Å². The Hall–Kier alpha value is -2.41. The number of benzene rings is 2. The average Bonchev–Trinajstić information content (AvgIpc) is 2.41. The van der Waals surface area contributed by atoms with Crippen molar-refractivity contribution in [2.24, 2.45) is 0 Å². The second-order valence-electron chi connectivity index (χ2n) is 3.80. The number of rotatable bonds is 4. The second kappa shape index (κ2) is 5.70. The quantitative estimate of drug-likeness (QED) is 0.688. The fourth-order valence-corrected chi connectivity index (χ4v) is 2.41. The Morgan fingerprint density at radius 2 is 1.85 bits per heavy atom. The van der Waals surface area contributed by atoms with E-state index >= 15 is 0 Å². The highest BCUT2D eigenvalue weighted by Crippen LogP contribution is 2.35. The van der Waals surface area contributed by atoms with E-state index in [2.05, 4.69) is 0 Å². The van der Waals surface area contributed by atoms with E-state index in [1.54, 1.807) is 12.1 Å². The van der Waals surface area contributed by atoms with Gasteiger partial charge in [0, 0.05) is 4.90 Å². The average molecular weight is 293 g/mol. The Labute approximate surface area is 117 Å². The Kier molecular flexibility index (Phi) is 3.99. The van der Waals surface area contributed by atoms with Crippen LogP contribution in [0.3, 0.4) is 0 Å². The molecule has 102 valence electrons. The smallest absolute Gasteiger partial charge is 0.335 e. The molecular formula is C13H8FNO4S. The Bertz CT molecular complexity index is 673. The van der Waals surface area contributed by atoms with Crippen molar-refractivity contribution < 1.29 is 19.2 Å². The largest absolute Gasteiger partial charge is 0.478 e. The summed E-state index contributed by atoms with van der Waals surface area (Å²) < 4.78 is 13.0. The molecule has 0 aromatic heterocycles. The molecule has 0 saturated heterocycles. The molecule has 0 amide bonds. The minimum Gasteiger partial charge on any atom is -0.478 e. The van der Waals surface area contributed by atoms with Gasteiger partial charge in [0.15, 0.2) is 0 Å². The van der Waals surface area contributed by atoms with E-state index in [0.717, 1.165) is 23.9 Å². The zero-order valence-electron chi connectivity index (χ0n) is 9.95.